The molecule has 110 valence electrons. The largest absolute Gasteiger partial charge is 0.399 e. The van der Waals surface area contributed by atoms with Gasteiger partial charge in [0.1, 0.15) is 0 Å². The number of likely N-dealkylation sites (N-methyl/N-ethyl adjacent to an activating group) is 1. The van der Waals surface area contributed by atoms with Crippen molar-refractivity contribution in [1.29, 1.82) is 0 Å². The number of carbonyl (C=O) groups excluding carboxylic acids is 2. The summed E-state index contributed by atoms with van der Waals surface area (Å²) < 4.78 is 0. The minimum absolute atomic E-state index is 0.0389. The fourth-order valence-electron chi connectivity index (χ4n) is 1.61. The second kappa shape index (κ2) is 7.49. The fourth-order valence-corrected chi connectivity index (χ4v) is 1.61. The Kier molecular flexibility index (Phi) is 5.99. The molecule has 1 atom stereocenters. The lowest BCUT2D eigenvalue weighted by atomic mass is 10.2. The zero-order chi connectivity index (χ0) is 15.1. The van der Waals surface area contributed by atoms with Crippen molar-refractivity contribution < 1.29 is 9.59 Å². The Morgan fingerprint density at radius 3 is 2.45 bits per heavy atom. The Morgan fingerprint density at radius 1 is 1.30 bits per heavy atom. The first kappa shape index (κ1) is 16.0. The first-order chi connectivity index (χ1) is 9.43. The minimum Gasteiger partial charge on any atom is -0.399 e. The number of nitrogens with one attached hydrogen (secondary N) is 2. The molecule has 0 saturated carbocycles. The molecule has 0 spiro atoms. The third-order valence-electron chi connectivity index (χ3n) is 3.19. The van der Waals surface area contributed by atoms with Crippen LogP contribution in [0.4, 0.5) is 11.4 Å². The van der Waals surface area contributed by atoms with Crippen LogP contribution in [0.5, 0.6) is 0 Å². The molecule has 0 aliphatic carbocycles. The number of anilines is 2. The van der Waals surface area contributed by atoms with E-state index in [1.54, 1.807) is 38.2 Å². The van der Waals surface area contributed by atoms with Crippen LogP contribution in [0.1, 0.15) is 13.3 Å². The Balaban J connectivity index is 2.49. The Morgan fingerprint density at radius 2 is 1.90 bits per heavy atom. The molecule has 1 unspecified atom stereocenters. The maximum atomic E-state index is 12.1. The molecule has 0 radical (unpaired) electrons. The van der Waals surface area contributed by atoms with E-state index in [2.05, 4.69) is 10.6 Å². The van der Waals surface area contributed by atoms with Gasteiger partial charge in [-0.15, -0.1) is 0 Å². The first-order valence-electron chi connectivity index (χ1n) is 6.51. The summed E-state index contributed by atoms with van der Waals surface area (Å²) in [5.74, 6) is -0.155. The third-order valence-corrected chi connectivity index (χ3v) is 3.19. The predicted molar refractivity (Wildman–Crippen MR) is 80.3 cm³/mol. The Hall–Kier alpha value is -2.08. The first-order valence-corrected chi connectivity index (χ1v) is 6.51. The molecule has 0 heterocycles. The monoisotopic (exact) mass is 278 g/mol. The van der Waals surface area contributed by atoms with Gasteiger partial charge in [0.05, 0.1) is 6.04 Å². The number of carbonyl (C=O) groups is 2. The molecule has 2 amide bonds. The van der Waals surface area contributed by atoms with Gasteiger partial charge in [0.15, 0.2) is 0 Å². The molecule has 0 aromatic heterocycles. The molecule has 20 heavy (non-hydrogen) atoms. The zero-order valence-electron chi connectivity index (χ0n) is 12.1. The van der Waals surface area contributed by atoms with Crippen molar-refractivity contribution in [3.63, 3.8) is 0 Å². The second-order valence-electron chi connectivity index (χ2n) is 4.69. The predicted octanol–water partition coefficient (Wildman–Crippen LogP) is 0.664. The Bertz CT molecular complexity index is 459. The maximum absolute atomic E-state index is 12.1. The zero-order valence-corrected chi connectivity index (χ0v) is 12.1. The molecule has 0 saturated heterocycles. The summed E-state index contributed by atoms with van der Waals surface area (Å²) >= 11 is 0. The number of rotatable bonds is 6. The van der Waals surface area contributed by atoms with Gasteiger partial charge in [-0.1, -0.05) is 0 Å². The van der Waals surface area contributed by atoms with E-state index in [0.29, 0.717) is 24.3 Å². The lowest BCUT2D eigenvalue weighted by Gasteiger charge is -2.23. The maximum Gasteiger partial charge on any atom is 0.241 e. The average molecular weight is 278 g/mol. The Labute approximate surface area is 119 Å². The molecular formula is C14H22N4O2. The lowest BCUT2D eigenvalue weighted by Crippen LogP contribution is -2.41. The lowest BCUT2D eigenvalue weighted by molar-refractivity contribution is -0.123. The highest BCUT2D eigenvalue weighted by molar-refractivity contribution is 5.94. The minimum atomic E-state index is -0.322. The molecule has 6 nitrogen and oxygen atoms in total. The van der Waals surface area contributed by atoms with Crippen molar-refractivity contribution in [2.75, 3.05) is 31.7 Å². The molecule has 1 aromatic rings. The van der Waals surface area contributed by atoms with Crippen LogP contribution in [0.25, 0.3) is 0 Å². The van der Waals surface area contributed by atoms with Crippen LogP contribution >= 0.6 is 0 Å². The number of benzene rings is 1. The summed E-state index contributed by atoms with van der Waals surface area (Å²) in [6.07, 6.45) is 0.368. The normalized spacial score (nSPS) is 12.0. The van der Waals surface area contributed by atoms with Crippen molar-refractivity contribution in [3.05, 3.63) is 24.3 Å². The number of amides is 2. The molecule has 0 bridgehead atoms. The van der Waals surface area contributed by atoms with E-state index in [-0.39, 0.29) is 17.9 Å². The molecule has 1 aromatic carbocycles. The van der Waals surface area contributed by atoms with Gasteiger partial charge in [-0.05, 0) is 38.2 Å². The van der Waals surface area contributed by atoms with E-state index in [4.69, 9.17) is 5.73 Å². The number of nitrogen functional groups attached to an aromatic ring is 1. The van der Waals surface area contributed by atoms with Gasteiger partial charge in [0.2, 0.25) is 11.8 Å². The summed E-state index contributed by atoms with van der Waals surface area (Å²) in [6, 6.07) is 6.65. The summed E-state index contributed by atoms with van der Waals surface area (Å²) in [5.41, 5.74) is 6.94. The smallest absolute Gasteiger partial charge is 0.241 e. The number of hydrogen-bond acceptors (Lipinski definition) is 4. The molecule has 0 fully saturated rings. The van der Waals surface area contributed by atoms with E-state index in [0.717, 1.165) is 0 Å². The molecule has 1 rings (SSSR count). The fraction of sp³-hybridized carbons (Fsp3) is 0.429. The standard InChI is InChI=1S/C14H22N4O2/c1-10(18(3)9-8-13(19)16-2)14(20)17-12-6-4-11(15)5-7-12/h4-7,10H,8-9,15H2,1-3H3,(H,16,19)(H,17,20). The molecule has 0 aliphatic heterocycles. The third kappa shape index (κ3) is 4.89. The van der Waals surface area contributed by atoms with Crippen molar-refractivity contribution in [2.24, 2.45) is 0 Å². The highest BCUT2D eigenvalue weighted by Gasteiger charge is 2.18. The van der Waals surface area contributed by atoms with Gasteiger partial charge in [0.25, 0.3) is 0 Å². The molecule has 4 N–H and O–H groups in total. The van der Waals surface area contributed by atoms with Gasteiger partial charge in [-0.3, -0.25) is 14.5 Å². The van der Waals surface area contributed by atoms with E-state index >= 15 is 0 Å². The number of hydrogen-bond donors (Lipinski definition) is 3. The second-order valence-corrected chi connectivity index (χ2v) is 4.69. The van der Waals surface area contributed by atoms with Gasteiger partial charge < -0.3 is 16.4 Å². The van der Waals surface area contributed by atoms with Crippen molar-refractivity contribution >= 4 is 23.2 Å². The summed E-state index contributed by atoms with van der Waals surface area (Å²) in [5, 5.41) is 5.37. The van der Waals surface area contributed by atoms with Crippen LogP contribution < -0.4 is 16.4 Å². The average Bonchev–Trinajstić information content (AvgIpc) is 2.45. The topological polar surface area (TPSA) is 87.5 Å². The van der Waals surface area contributed by atoms with Crippen LogP contribution in [0.2, 0.25) is 0 Å². The highest BCUT2D eigenvalue weighted by Crippen LogP contribution is 2.11. The van der Waals surface area contributed by atoms with Gasteiger partial charge in [-0.2, -0.15) is 0 Å². The highest BCUT2D eigenvalue weighted by atomic mass is 16.2. The number of nitrogens with two attached hydrogens (primary N) is 1. The van der Waals surface area contributed by atoms with Crippen LogP contribution in [0.15, 0.2) is 24.3 Å². The van der Waals surface area contributed by atoms with Crippen LogP contribution in [-0.2, 0) is 9.59 Å². The number of nitrogens with zero attached hydrogens (tertiary/aromatic N) is 1. The van der Waals surface area contributed by atoms with Gasteiger partial charge in [-0.25, -0.2) is 0 Å². The van der Waals surface area contributed by atoms with E-state index in [1.807, 2.05) is 11.9 Å². The van der Waals surface area contributed by atoms with Crippen molar-refractivity contribution in [1.82, 2.24) is 10.2 Å². The SMILES string of the molecule is CNC(=O)CCN(C)C(C)C(=O)Nc1ccc(N)cc1. The van der Waals surface area contributed by atoms with Crippen molar-refractivity contribution in [2.45, 2.75) is 19.4 Å². The molecule has 0 aliphatic rings. The van der Waals surface area contributed by atoms with E-state index < -0.39 is 0 Å². The van der Waals surface area contributed by atoms with Crippen LogP contribution in [0, 0.1) is 0 Å². The summed E-state index contributed by atoms with van der Waals surface area (Å²) in [4.78, 5) is 25.1. The van der Waals surface area contributed by atoms with Crippen LogP contribution in [0.3, 0.4) is 0 Å². The summed E-state index contributed by atoms with van der Waals surface area (Å²) in [6.45, 7) is 2.33. The van der Waals surface area contributed by atoms with E-state index in [9.17, 15) is 9.59 Å². The van der Waals surface area contributed by atoms with Gasteiger partial charge >= 0.3 is 0 Å². The quantitative estimate of drug-likeness (QED) is 0.667. The molecule has 6 heteroatoms. The van der Waals surface area contributed by atoms with Gasteiger partial charge in [0, 0.05) is 31.4 Å². The van der Waals surface area contributed by atoms with E-state index in [1.165, 1.54) is 0 Å². The summed E-state index contributed by atoms with van der Waals surface area (Å²) in [7, 11) is 3.41. The van der Waals surface area contributed by atoms with Crippen LogP contribution in [-0.4, -0.2) is 43.4 Å². The molecular weight excluding hydrogens is 256 g/mol. The van der Waals surface area contributed by atoms with Crippen molar-refractivity contribution in [3.8, 4) is 0 Å².